The van der Waals surface area contributed by atoms with Crippen molar-refractivity contribution in [3.8, 4) is 0 Å². The van der Waals surface area contributed by atoms with Gasteiger partial charge < -0.3 is 10.6 Å². The van der Waals surface area contributed by atoms with Gasteiger partial charge in [0.2, 0.25) is 15.9 Å². The molecule has 0 saturated carbocycles. The molecule has 0 aliphatic carbocycles. The molecule has 2 rings (SSSR count). The average molecular weight is 397 g/mol. The van der Waals surface area contributed by atoms with Crippen LogP contribution in [-0.2, 0) is 14.8 Å². The Morgan fingerprint density at radius 2 is 1.78 bits per heavy atom. The van der Waals surface area contributed by atoms with Gasteiger partial charge in [-0.15, -0.1) is 0 Å². The smallest absolute Gasteiger partial charge is 0.240 e. The lowest BCUT2D eigenvalue weighted by Crippen LogP contribution is -2.55. The van der Waals surface area contributed by atoms with Gasteiger partial charge in [-0.2, -0.15) is 0 Å². The number of nitrogens with zero attached hydrogens (tertiary/aromatic N) is 2. The number of carbonyl (C=O) groups excluding carboxylic acids is 1. The number of piperazine rings is 1. The lowest BCUT2D eigenvalue weighted by molar-refractivity contribution is -0.135. The highest BCUT2D eigenvalue weighted by atomic mass is 32.2. The lowest BCUT2D eigenvalue weighted by Gasteiger charge is -2.36. The van der Waals surface area contributed by atoms with Crippen LogP contribution >= 0.6 is 0 Å². The van der Waals surface area contributed by atoms with Crippen LogP contribution in [0.25, 0.3) is 0 Å². The highest BCUT2D eigenvalue weighted by molar-refractivity contribution is 7.89. The summed E-state index contributed by atoms with van der Waals surface area (Å²) in [5.74, 6) is 0.191. The van der Waals surface area contributed by atoms with Crippen molar-refractivity contribution in [2.75, 3.05) is 39.3 Å². The number of benzene rings is 1. The van der Waals surface area contributed by atoms with E-state index >= 15 is 0 Å². The van der Waals surface area contributed by atoms with Gasteiger partial charge in [0.1, 0.15) is 0 Å². The van der Waals surface area contributed by atoms with Crippen LogP contribution < -0.4 is 10.5 Å². The van der Waals surface area contributed by atoms with E-state index in [9.17, 15) is 13.2 Å². The molecule has 7 nitrogen and oxygen atoms in total. The van der Waals surface area contributed by atoms with Crippen molar-refractivity contribution in [1.29, 1.82) is 0 Å². The number of aryl methyl sites for hydroxylation is 1. The Kier molecular flexibility index (Phi) is 7.79. The quantitative estimate of drug-likeness (QED) is 0.677. The Morgan fingerprint density at radius 3 is 2.33 bits per heavy atom. The second kappa shape index (κ2) is 9.64. The van der Waals surface area contributed by atoms with E-state index < -0.39 is 16.1 Å². The van der Waals surface area contributed by atoms with Crippen molar-refractivity contribution in [2.24, 2.45) is 11.7 Å². The highest BCUT2D eigenvalue weighted by Crippen LogP contribution is 2.12. The molecule has 1 aromatic carbocycles. The summed E-state index contributed by atoms with van der Waals surface area (Å²) in [6, 6.07) is 6.36. The fourth-order valence-electron chi connectivity index (χ4n) is 3.04. The van der Waals surface area contributed by atoms with Crippen molar-refractivity contribution in [3.05, 3.63) is 29.8 Å². The lowest BCUT2D eigenvalue weighted by atomic mass is 9.98. The fourth-order valence-corrected chi connectivity index (χ4v) is 4.06. The highest BCUT2D eigenvalue weighted by Gasteiger charge is 2.27. The number of nitrogens with two attached hydrogens (primary N) is 1. The molecule has 8 heteroatoms. The molecule has 0 spiro atoms. The molecule has 152 valence electrons. The molecule has 1 heterocycles. The molecule has 0 radical (unpaired) electrons. The van der Waals surface area contributed by atoms with Crippen LogP contribution in [0.5, 0.6) is 0 Å². The van der Waals surface area contributed by atoms with Gasteiger partial charge >= 0.3 is 0 Å². The second-order valence-corrected chi connectivity index (χ2v) is 9.06. The largest absolute Gasteiger partial charge is 0.339 e. The predicted octanol–water partition coefficient (Wildman–Crippen LogP) is 0.791. The summed E-state index contributed by atoms with van der Waals surface area (Å²) in [6.07, 6.45) is 0.883. The maximum Gasteiger partial charge on any atom is 0.240 e. The van der Waals surface area contributed by atoms with Gasteiger partial charge in [-0.05, 0) is 25.0 Å². The van der Waals surface area contributed by atoms with Crippen molar-refractivity contribution in [2.45, 2.75) is 38.1 Å². The SMILES string of the molecule is CCC(C)C(N)C(=O)N1CCN(CCNS(=O)(=O)c2ccc(C)cc2)CC1. The minimum atomic E-state index is -3.48. The molecule has 1 aliphatic rings. The zero-order valence-electron chi connectivity index (χ0n) is 16.5. The monoisotopic (exact) mass is 396 g/mol. The number of rotatable bonds is 8. The molecule has 0 aromatic heterocycles. The van der Waals surface area contributed by atoms with E-state index in [1.165, 1.54) is 0 Å². The van der Waals surface area contributed by atoms with Crippen LogP contribution in [0.1, 0.15) is 25.8 Å². The molecule has 0 bridgehead atoms. The van der Waals surface area contributed by atoms with Crippen LogP contribution in [0, 0.1) is 12.8 Å². The van der Waals surface area contributed by atoms with E-state index in [0.717, 1.165) is 25.1 Å². The maximum absolute atomic E-state index is 12.4. The first-order valence-electron chi connectivity index (χ1n) is 9.57. The predicted molar refractivity (Wildman–Crippen MR) is 107 cm³/mol. The van der Waals surface area contributed by atoms with Crippen LogP contribution in [0.4, 0.5) is 0 Å². The van der Waals surface area contributed by atoms with Crippen molar-refractivity contribution in [3.63, 3.8) is 0 Å². The standard InChI is InChI=1S/C19H32N4O3S/c1-4-16(3)18(20)19(24)23-13-11-22(12-14-23)10-9-21-27(25,26)17-7-5-15(2)6-8-17/h5-8,16,18,21H,4,9-14,20H2,1-3H3. The molecular formula is C19H32N4O3S. The number of hydrogen-bond donors (Lipinski definition) is 2. The first-order valence-corrected chi connectivity index (χ1v) is 11.1. The third-order valence-corrected chi connectivity index (χ3v) is 6.75. The summed E-state index contributed by atoms with van der Waals surface area (Å²) in [5.41, 5.74) is 7.07. The van der Waals surface area contributed by atoms with Crippen molar-refractivity contribution >= 4 is 15.9 Å². The zero-order valence-corrected chi connectivity index (χ0v) is 17.3. The van der Waals surface area contributed by atoms with Crippen molar-refractivity contribution < 1.29 is 13.2 Å². The fraction of sp³-hybridized carbons (Fsp3) is 0.632. The molecule has 1 amide bonds. The van der Waals surface area contributed by atoms with Crippen LogP contribution in [0.3, 0.4) is 0 Å². The number of carbonyl (C=O) groups is 1. The third-order valence-electron chi connectivity index (χ3n) is 5.28. The van der Waals surface area contributed by atoms with Crippen LogP contribution in [0.15, 0.2) is 29.2 Å². The second-order valence-electron chi connectivity index (χ2n) is 7.29. The van der Waals surface area contributed by atoms with Crippen LogP contribution in [-0.4, -0.2) is 69.4 Å². The molecular weight excluding hydrogens is 364 g/mol. The Labute approximate surface area is 163 Å². The first kappa shape index (κ1) is 21.8. The van der Waals surface area contributed by atoms with Gasteiger partial charge in [-0.1, -0.05) is 38.0 Å². The van der Waals surface area contributed by atoms with E-state index in [1.807, 2.05) is 25.7 Å². The molecule has 2 atom stereocenters. The first-order chi connectivity index (χ1) is 12.7. The number of amides is 1. The molecule has 1 fully saturated rings. The van der Waals surface area contributed by atoms with Gasteiger partial charge in [0, 0.05) is 39.3 Å². The van der Waals surface area contributed by atoms with Gasteiger partial charge in [0.15, 0.2) is 0 Å². The minimum Gasteiger partial charge on any atom is -0.339 e. The van der Waals surface area contributed by atoms with E-state index in [1.54, 1.807) is 24.3 Å². The summed E-state index contributed by atoms with van der Waals surface area (Å²) in [4.78, 5) is 16.7. The normalized spacial score (nSPS) is 18.3. The summed E-state index contributed by atoms with van der Waals surface area (Å²) < 4.78 is 27.2. The van der Waals surface area contributed by atoms with Gasteiger partial charge in [0.25, 0.3) is 0 Å². The molecule has 27 heavy (non-hydrogen) atoms. The summed E-state index contributed by atoms with van der Waals surface area (Å²) in [7, 11) is -3.48. The summed E-state index contributed by atoms with van der Waals surface area (Å²) in [6.45, 7) is 9.63. The number of nitrogens with one attached hydrogen (secondary N) is 1. The summed E-state index contributed by atoms with van der Waals surface area (Å²) in [5, 5.41) is 0. The third kappa shape index (κ3) is 6.00. The van der Waals surface area contributed by atoms with Gasteiger partial charge in [0.05, 0.1) is 10.9 Å². The van der Waals surface area contributed by atoms with E-state index in [0.29, 0.717) is 26.2 Å². The summed E-state index contributed by atoms with van der Waals surface area (Å²) >= 11 is 0. The van der Waals surface area contributed by atoms with Crippen molar-refractivity contribution in [1.82, 2.24) is 14.5 Å². The Hall–Kier alpha value is -1.48. The number of hydrogen-bond acceptors (Lipinski definition) is 5. The minimum absolute atomic E-state index is 0.0177. The van der Waals surface area contributed by atoms with Gasteiger partial charge in [-0.3, -0.25) is 9.69 Å². The Bertz CT molecular complexity index is 713. The molecule has 1 saturated heterocycles. The zero-order chi connectivity index (χ0) is 20.0. The van der Waals surface area contributed by atoms with E-state index in [4.69, 9.17) is 5.73 Å². The number of sulfonamides is 1. The molecule has 1 aliphatic heterocycles. The van der Waals surface area contributed by atoms with E-state index in [2.05, 4.69) is 9.62 Å². The molecule has 1 aromatic rings. The topological polar surface area (TPSA) is 95.7 Å². The Morgan fingerprint density at radius 1 is 1.19 bits per heavy atom. The van der Waals surface area contributed by atoms with Crippen LogP contribution in [0.2, 0.25) is 0 Å². The van der Waals surface area contributed by atoms with Gasteiger partial charge in [-0.25, -0.2) is 13.1 Å². The molecule has 2 unspecified atom stereocenters. The maximum atomic E-state index is 12.4. The van der Waals surface area contributed by atoms with E-state index in [-0.39, 0.29) is 16.7 Å². The Balaban J connectivity index is 1.76. The average Bonchev–Trinajstić information content (AvgIpc) is 2.67. The molecule has 3 N–H and O–H groups in total.